The van der Waals surface area contributed by atoms with Gasteiger partial charge in [-0.05, 0) is 48.5 Å². The lowest BCUT2D eigenvalue weighted by molar-refractivity contribution is -0.274. The molecule has 3 unspecified atom stereocenters. The van der Waals surface area contributed by atoms with Crippen molar-refractivity contribution in [1.29, 1.82) is 0 Å². The zero-order valence-corrected chi connectivity index (χ0v) is 19.4. The highest BCUT2D eigenvalue weighted by atomic mass is 32.2. The first-order chi connectivity index (χ1) is 17.1. The summed E-state index contributed by atoms with van der Waals surface area (Å²) in [6.45, 7) is 0.0192. The van der Waals surface area contributed by atoms with Crippen molar-refractivity contribution in [3.05, 3.63) is 72.8 Å². The van der Waals surface area contributed by atoms with Gasteiger partial charge >= 0.3 is 6.36 Å². The van der Waals surface area contributed by atoms with Crippen LogP contribution in [0.15, 0.2) is 77.7 Å². The minimum Gasteiger partial charge on any atom is -0.453 e. The van der Waals surface area contributed by atoms with E-state index in [-0.39, 0.29) is 18.1 Å². The number of hydrogen-bond acceptors (Lipinski definition) is 7. The van der Waals surface area contributed by atoms with Crippen molar-refractivity contribution in [3.63, 3.8) is 0 Å². The van der Waals surface area contributed by atoms with Crippen molar-refractivity contribution in [3.8, 4) is 17.2 Å². The first kappa shape index (κ1) is 24.4. The predicted molar refractivity (Wildman–Crippen MR) is 123 cm³/mol. The van der Waals surface area contributed by atoms with E-state index in [2.05, 4.69) is 9.46 Å². The highest BCUT2D eigenvalue weighted by molar-refractivity contribution is 7.89. The topological polar surface area (TPSA) is 97.3 Å². The molecule has 0 amide bonds. The SMILES string of the molecule is O=S(=O)(NC1COCC(N2c3ccccc3Oc3ccccc32)C1O)c1ccc(OC(F)(F)F)cc1. The summed E-state index contributed by atoms with van der Waals surface area (Å²) in [5.74, 6) is 0.603. The van der Waals surface area contributed by atoms with Crippen LogP contribution in [0, 0.1) is 0 Å². The number of ether oxygens (including phenoxy) is 3. The summed E-state index contributed by atoms with van der Waals surface area (Å²) >= 11 is 0. The summed E-state index contributed by atoms with van der Waals surface area (Å²) in [7, 11) is -4.20. The molecule has 0 saturated carbocycles. The molecule has 190 valence electrons. The zero-order valence-electron chi connectivity index (χ0n) is 18.6. The van der Waals surface area contributed by atoms with Crippen molar-refractivity contribution >= 4 is 21.4 Å². The second-order valence-corrected chi connectivity index (χ2v) is 9.96. The average molecular weight is 523 g/mol. The highest BCUT2D eigenvalue weighted by Crippen LogP contribution is 2.48. The van der Waals surface area contributed by atoms with Gasteiger partial charge in [0.1, 0.15) is 5.75 Å². The maximum absolute atomic E-state index is 12.9. The fraction of sp³-hybridized carbons (Fsp3) is 0.250. The van der Waals surface area contributed by atoms with Crippen molar-refractivity contribution < 1.29 is 40.9 Å². The van der Waals surface area contributed by atoms with E-state index < -0.39 is 40.3 Å². The van der Waals surface area contributed by atoms with Crippen LogP contribution in [0.1, 0.15) is 0 Å². The maximum atomic E-state index is 12.9. The minimum atomic E-state index is -4.89. The molecular formula is C24H21F3N2O6S. The van der Waals surface area contributed by atoms with Gasteiger partial charge in [-0.1, -0.05) is 24.3 Å². The number of nitrogens with zero attached hydrogens (tertiary/aromatic N) is 1. The van der Waals surface area contributed by atoms with Crippen molar-refractivity contribution in [2.45, 2.75) is 29.4 Å². The predicted octanol–water partition coefficient (Wildman–Crippen LogP) is 3.94. The Kier molecular flexibility index (Phi) is 6.29. The van der Waals surface area contributed by atoms with Gasteiger partial charge in [0, 0.05) is 0 Å². The number of alkyl halides is 3. The summed E-state index contributed by atoms with van der Waals surface area (Å²) in [5, 5.41) is 11.3. The third-order valence-electron chi connectivity index (χ3n) is 5.87. The van der Waals surface area contributed by atoms with E-state index in [9.17, 15) is 26.7 Å². The standard InChI is InChI=1S/C24H21F3N2O6S/c25-24(26,27)35-15-9-11-16(12-10-15)36(31,32)28-17-13-33-14-20(23(17)30)29-18-5-1-3-7-21(18)34-22-8-4-2-6-19(22)29/h1-12,17,20,23,28,30H,13-14H2. The Hall–Kier alpha value is -3.32. The number of anilines is 2. The smallest absolute Gasteiger partial charge is 0.453 e. The number of aliphatic hydroxyl groups is 1. The molecule has 3 atom stereocenters. The molecule has 8 nitrogen and oxygen atoms in total. The second-order valence-electron chi connectivity index (χ2n) is 8.25. The molecule has 2 heterocycles. The number of fused-ring (bicyclic) bond motifs is 2. The van der Waals surface area contributed by atoms with Gasteiger partial charge in [-0.15, -0.1) is 13.2 Å². The van der Waals surface area contributed by atoms with Gasteiger partial charge in [0.2, 0.25) is 10.0 Å². The molecule has 36 heavy (non-hydrogen) atoms. The Balaban J connectivity index is 1.39. The molecule has 5 rings (SSSR count). The van der Waals surface area contributed by atoms with Crippen LogP contribution in [-0.2, 0) is 14.8 Å². The fourth-order valence-electron chi connectivity index (χ4n) is 4.29. The molecule has 0 aliphatic carbocycles. The maximum Gasteiger partial charge on any atom is 0.573 e. The van der Waals surface area contributed by atoms with Gasteiger partial charge in [-0.25, -0.2) is 13.1 Å². The number of hydrogen-bond donors (Lipinski definition) is 2. The van der Waals surface area contributed by atoms with Crippen LogP contribution in [-0.4, -0.2) is 51.3 Å². The van der Waals surface area contributed by atoms with Crippen molar-refractivity contribution in [2.24, 2.45) is 0 Å². The Bertz CT molecular complexity index is 1300. The Morgan fingerprint density at radius 1 is 0.917 bits per heavy atom. The first-order valence-electron chi connectivity index (χ1n) is 10.9. The molecule has 0 aromatic heterocycles. The van der Waals surface area contributed by atoms with Gasteiger partial charge in [0.05, 0.1) is 47.7 Å². The Morgan fingerprint density at radius 2 is 1.50 bits per heavy atom. The molecule has 0 bridgehead atoms. The van der Waals surface area contributed by atoms with E-state index in [1.165, 1.54) is 0 Å². The number of benzene rings is 3. The number of nitrogens with one attached hydrogen (secondary N) is 1. The molecule has 3 aromatic carbocycles. The lowest BCUT2D eigenvalue weighted by Gasteiger charge is -2.44. The molecular weight excluding hydrogens is 501 g/mol. The van der Waals surface area contributed by atoms with E-state index in [0.717, 1.165) is 24.3 Å². The van der Waals surface area contributed by atoms with Gasteiger partial charge in [-0.2, -0.15) is 0 Å². The normalized spacial score (nSPS) is 21.8. The number of para-hydroxylation sites is 4. The third kappa shape index (κ3) is 4.85. The Labute approximate surface area is 204 Å². The highest BCUT2D eigenvalue weighted by Gasteiger charge is 2.42. The second kappa shape index (κ2) is 9.28. The number of sulfonamides is 1. The molecule has 2 aliphatic heterocycles. The first-order valence-corrected chi connectivity index (χ1v) is 12.4. The van der Waals surface area contributed by atoms with Crippen LogP contribution < -0.4 is 19.1 Å². The third-order valence-corrected chi connectivity index (χ3v) is 7.37. The molecule has 3 aromatic rings. The fourth-order valence-corrected chi connectivity index (χ4v) is 5.53. The van der Waals surface area contributed by atoms with Crippen LogP contribution in [0.25, 0.3) is 0 Å². The van der Waals surface area contributed by atoms with Gasteiger partial charge in [0.15, 0.2) is 11.5 Å². The minimum absolute atomic E-state index is 0.0974. The van der Waals surface area contributed by atoms with Crippen LogP contribution in [0.2, 0.25) is 0 Å². The quantitative estimate of drug-likeness (QED) is 0.524. The summed E-state index contributed by atoms with van der Waals surface area (Å²) in [6.07, 6.45) is -6.09. The molecule has 1 fully saturated rings. The molecule has 0 radical (unpaired) electrons. The molecule has 1 saturated heterocycles. The zero-order chi connectivity index (χ0) is 25.5. The average Bonchev–Trinajstić information content (AvgIpc) is 2.83. The summed E-state index contributed by atoms with van der Waals surface area (Å²) < 4.78 is 81.0. The summed E-state index contributed by atoms with van der Waals surface area (Å²) in [6, 6.07) is 16.6. The van der Waals surface area contributed by atoms with Crippen LogP contribution in [0.3, 0.4) is 0 Å². The molecule has 2 aliphatic rings. The van der Waals surface area contributed by atoms with E-state index in [1.54, 1.807) is 12.1 Å². The Morgan fingerprint density at radius 3 is 2.08 bits per heavy atom. The monoisotopic (exact) mass is 522 g/mol. The van der Waals surface area contributed by atoms with Crippen LogP contribution in [0.5, 0.6) is 17.2 Å². The number of rotatable bonds is 5. The van der Waals surface area contributed by atoms with Crippen molar-refractivity contribution in [1.82, 2.24) is 4.72 Å². The molecule has 12 heteroatoms. The summed E-state index contributed by atoms with van der Waals surface area (Å²) in [5.41, 5.74) is 1.38. The van der Waals surface area contributed by atoms with Gasteiger partial charge in [-0.3, -0.25) is 0 Å². The lowest BCUT2D eigenvalue weighted by Crippen LogP contribution is -2.60. The van der Waals surface area contributed by atoms with Gasteiger partial charge < -0.3 is 24.2 Å². The molecule has 0 spiro atoms. The summed E-state index contributed by atoms with van der Waals surface area (Å²) in [4.78, 5) is 1.58. The van der Waals surface area contributed by atoms with E-state index in [1.807, 2.05) is 41.3 Å². The van der Waals surface area contributed by atoms with E-state index in [0.29, 0.717) is 22.9 Å². The molecule has 2 N–H and O–H groups in total. The number of halogens is 3. The van der Waals surface area contributed by atoms with E-state index >= 15 is 0 Å². The van der Waals surface area contributed by atoms with Crippen LogP contribution in [0.4, 0.5) is 24.5 Å². The number of aliphatic hydroxyl groups excluding tert-OH is 1. The van der Waals surface area contributed by atoms with Crippen LogP contribution >= 0.6 is 0 Å². The largest absolute Gasteiger partial charge is 0.573 e. The van der Waals surface area contributed by atoms with E-state index in [4.69, 9.17) is 9.47 Å². The lowest BCUT2D eigenvalue weighted by atomic mass is 9.98. The van der Waals surface area contributed by atoms with Crippen molar-refractivity contribution in [2.75, 3.05) is 18.1 Å². The van der Waals surface area contributed by atoms with Gasteiger partial charge in [0.25, 0.3) is 0 Å².